The first-order valence-corrected chi connectivity index (χ1v) is 10.4. The van der Waals surface area contributed by atoms with Crippen molar-refractivity contribution >= 4 is 5.97 Å². The molecule has 5 nitrogen and oxygen atoms in total. The Bertz CT molecular complexity index is 655. The van der Waals surface area contributed by atoms with Gasteiger partial charge < -0.3 is 5.11 Å². The van der Waals surface area contributed by atoms with Crippen molar-refractivity contribution in [3.05, 3.63) is 47.8 Å². The fraction of sp³-hybridized carbons (Fsp3) is 0.591. The summed E-state index contributed by atoms with van der Waals surface area (Å²) in [7, 11) is 0. The topological polar surface area (TPSA) is 68.0 Å². The number of aryl methyl sites for hydroxylation is 1. The molecule has 0 aliphatic carbocycles. The normalized spacial score (nSPS) is 12.2. The highest BCUT2D eigenvalue weighted by atomic mass is 16.4. The number of aliphatic carboxylic acids is 1. The maximum Gasteiger partial charge on any atom is 0.333 e. The third kappa shape index (κ3) is 7.53. The molecule has 0 saturated heterocycles. The Kier molecular flexibility index (Phi) is 9.60. The van der Waals surface area contributed by atoms with E-state index >= 15 is 0 Å². The summed E-state index contributed by atoms with van der Waals surface area (Å²) in [5, 5.41) is 17.8. The van der Waals surface area contributed by atoms with Crippen LogP contribution in [0.2, 0.25) is 0 Å². The molecular weight excluding hydrogens is 338 g/mol. The SMILES string of the molecule is CCCCCCCCCCCCc1cn(C(C(=O)O)c2ccccc2)nn1. The minimum Gasteiger partial charge on any atom is -0.479 e. The first-order valence-electron chi connectivity index (χ1n) is 10.4. The summed E-state index contributed by atoms with van der Waals surface area (Å²) in [6.07, 6.45) is 15.6. The second-order valence-electron chi connectivity index (χ2n) is 7.27. The molecule has 1 N–H and O–H groups in total. The standard InChI is InChI=1S/C22H33N3O2/c1-2-3-4-5-6-7-8-9-10-14-17-20-18-25(24-23-20)21(22(26)27)19-15-12-11-13-16-19/h11-13,15-16,18,21H,2-10,14,17H2,1H3,(H,26,27). The summed E-state index contributed by atoms with van der Waals surface area (Å²) >= 11 is 0. The van der Waals surface area contributed by atoms with Crippen LogP contribution in [0.5, 0.6) is 0 Å². The second-order valence-corrected chi connectivity index (χ2v) is 7.27. The second kappa shape index (κ2) is 12.3. The number of nitrogens with zero attached hydrogens (tertiary/aromatic N) is 3. The van der Waals surface area contributed by atoms with Gasteiger partial charge in [0.2, 0.25) is 0 Å². The van der Waals surface area contributed by atoms with Gasteiger partial charge in [-0.3, -0.25) is 0 Å². The zero-order valence-corrected chi connectivity index (χ0v) is 16.5. The smallest absolute Gasteiger partial charge is 0.333 e. The Hall–Kier alpha value is -2.17. The number of hydrogen-bond acceptors (Lipinski definition) is 3. The molecular formula is C22H33N3O2. The van der Waals surface area contributed by atoms with Crippen molar-refractivity contribution in [2.45, 2.75) is 83.6 Å². The monoisotopic (exact) mass is 371 g/mol. The Balaban J connectivity index is 1.69. The van der Waals surface area contributed by atoms with Gasteiger partial charge in [0.15, 0.2) is 6.04 Å². The number of benzene rings is 1. The van der Waals surface area contributed by atoms with Gasteiger partial charge in [-0.15, -0.1) is 5.10 Å². The van der Waals surface area contributed by atoms with Crippen molar-refractivity contribution in [2.24, 2.45) is 0 Å². The van der Waals surface area contributed by atoms with Crippen molar-refractivity contribution in [3.8, 4) is 0 Å². The van der Waals surface area contributed by atoms with Crippen molar-refractivity contribution in [1.82, 2.24) is 15.0 Å². The van der Waals surface area contributed by atoms with E-state index in [1.54, 1.807) is 6.20 Å². The molecule has 1 heterocycles. The highest BCUT2D eigenvalue weighted by molar-refractivity contribution is 5.75. The van der Waals surface area contributed by atoms with E-state index in [1.807, 2.05) is 30.3 Å². The first kappa shape index (κ1) is 21.1. The summed E-state index contributed by atoms with van der Waals surface area (Å²) in [6.45, 7) is 2.25. The number of hydrogen-bond donors (Lipinski definition) is 1. The first-order chi connectivity index (χ1) is 13.2. The van der Waals surface area contributed by atoms with E-state index in [0.717, 1.165) is 18.5 Å². The Labute approximate surface area is 162 Å². The summed E-state index contributed by atoms with van der Waals surface area (Å²) in [6, 6.07) is 8.35. The van der Waals surface area contributed by atoms with E-state index < -0.39 is 12.0 Å². The minimum absolute atomic E-state index is 0.709. The fourth-order valence-corrected chi connectivity index (χ4v) is 3.39. The molecule has 148 valence electrons. The van der Waals surface area contributed by atoms with Crippen molar-refractivity contribution in [3.63, 3.8) is 0 Å². The van der Waals surface area contributed by atoms with Crippen LogP contribution >= 0.6 is 0 Å². The number of carbonyl (C=O) groups is 1. The molecule has 1 aromatic carbocycles. The lowest BCUT2D eigenvalue weighted by molar-refractivity contribution is -0.139. The zero-order chi connectivity index (χ0) is 19.3. The fourth-order valence-electron chi connectivity index (χ4n) is 3.39. The van der Waals surface area contributed by atoms with E-state index in [-0.39, 0.29) is 0 Å². The van der Waals surface area contributed by atoms with Gasteiger partial charge in [0, 0.05) is 6.20 Å². The minimum atomic E-state index is -0.920. The van der Waals surface area contributed by atoms with Crippen LogP contribution in [0.4, 0.5) is 0 Å². The lowest BCUT2D eigenvalue weighted by atomic mass is 10.1. The van der Waals surface area contributed by atoms with Gasteiger partial charge in [0.25, 0.3) is 0 Å². The molecule has 0 fully saturated rings. The molecule has 0 aliphatic rings. The molecule has 0 radical (unpaired) electrons. The van der Waals surface area contributed by atoms with E-state index in [1.165, 1.54) is 62.5 Å². The Morgan fingerprint density at radius 2 is 1.56 bits per heavy atom. The number of carboxylic acids is 1. The maximum atomic E-state index is 11.7. The van der Waals surface area contributed by atoms with Gasteiger partial charge >= 0.3 is 5.97 Å². The highest BCUT2D eigenvalue weighted by Gasteiger charge is 2.23. The van der Waals surface area contributed by atoms with Crippen molar-refractivity contribution < 1.29 is 9.90 Å². The number of aromatic nitrogens is 3. The largest absolute Gasteiger partial charge is 0.479 e. The average molecular weight is 372 g/mol. The van der Waals surface area contributed by atoms with E-state index in [0.29, 0.717) is 5.56 Å². The van der Waals surface area contributed by atoms with Gasteiger partial charge in [0.1, 0.15) is 0 Å². The molecule has 0 bridgehead atoms. The van der Waals surface area contributed by atoms with E-state index in [9.17, 15) is 9.90 Å². The summed E-state index contributed by atoms with van der Waals surface area (Å²) in [4.78, 5) is 11.7. The lowest BCUT2D eigenvalue weighted by Crippen LogP contribution is -2.20. The van der Waals surface area contributed by atoms with Crippen LogP contribution in [0.15, 0.2) is 36.5 Å². The summed E-state index contributed by atoms with van der Waals surface area (Å²) < 4.78 is 1.46. The van der Waals surface area contributed by atoms with Gasteiger partial charge in [-0.1, -0.05) is 100 Å². The third-order valence-corrected chi connectivity index (χ3v) is 4.96. The lowest BCUT2D eigenvalue weighted by Gasteiger charge is -2.12. The number of carboxylic acid groups (broad SMARTS) is 1. The quantitative estimate of drug-likeness (QED) is 0.451. The number of rotatable bonds is 14. The van der Waals surface area contributed by atoms with E-state index in [2.05, 4.69) is 17.2 Å². The molecule has 1 unspecified atom stereocenters. The van der Waals surface area contributed by atoms with Gasteiger partial charge in [-0.05, 0) is 18.4 Å². The van der Waals surface area contributed by atoms with Gasteiger partial charge in [-0.2, -0.15) is 0 Å². The summed E-state index contributed by atoms with van der Waals surface area (Å²) in [5.41, 5.74) is 1.58. The Morgan fingerprint density at radius 1 is 0.963 bits per heavy atom. The van der Waals surface area contributed by atoms with Crippen LogP contribution in [0, 0.1) is 0 Å². The molecule has 2 rings (SSSR count). The van der Waals surface area contributed by atoms with Crippen LogP contribution in [0.1, 0.15) is 88.4 Å². The third-order valence-electron chi connectivity index (χ3n) is 4.96. The molecule has 2 aromatic rings. The van der Waals surface area contributed by atoms with E-state index in [4.69, 9.17) is 0 Å². The highest BCUT2D eigenvalue weighted by Crippen LogP contribution is 2.18. The van der Waals surface area contributed by atoms with Gasteiger partial charge in [-0.25, -0.2) is 9.48 Å². The molecule has 5 heteroatoms. The summed E-state index contributed by atoms with van der Waals surface area (Å²) in [5.74, 6) is -0.920. The van der Waals surface area contributed by atoms with Crippen LogP contribution in [0.25, 0.3) is 0 Å². The van der Waals surface area contributed by atoms with Crippen molar-refractivity contribution in [1.29, 1.82) is 0 Å². The van der Waals surface area contributed by atoms with Crippen molar-refractivity contribution in [2.75, 3.05) is 0 Å². The zero-order valence-electron chi connectivity index (χ0n) is 16.5. The maximum absolute atomic E-state index is 11.7. The average Bonchev–Trinajstić information content (AvgIpc) is 3.12. The molecule has 27 heavy (non-hydrogen) atoms. The molecule has 0 amide bonds. The van der Waals surface area contributed by atoms with Crippen LogP contribution in [-0.2, 0) is 11.2 Å². The van der Waals surface area contributed by atoms with Crippen LogP contribution in [0.3, 0.4) is 0 Å². The van der Waals surface area contributed by atoms with Crippen LogP contribution in [-0.4, -0.2) is 26.1 Å². The number of unbranched alkanes of at least 4 members (excludes halogenated alkanes) is 9. The predicted octanol–water partition coefficient (Wildman–Crippen LogP) is 5.42. The molecule has 0 spiro atoms. The van der Waals surface area contributed by atoms with Crippen LogP contribution < -0.4 is 0 Å². The molecule has 0 saturated carbocycles. The predicted molar refractivity (Wildman–Crippen MR) is 108 cm³/mol. The van der Waals surface area contributed by atoms with Gasteiger partial charge in [0.05, 0.1) is 5.69 Å². The molecule has 1 atom stereocenters. The molecule has 1 aromatic heterocycles. The molecule has 0 aliphatic heterocycles. The Morgan fingerprint density at radius 3 is 2.15 bits per heavy atom.